The summed E-state index contributed by atoms with van der Waals surface area (Å²) in [6.07, 6.45) is 2.33. The third-order valence-corrected chi connectivity index (χ3v) is 17.3. The molecule has 318 valence electrons. The van der Waals surface area contributed by atoms with E-state index in [0.29, 0.717) is 0 Å². The molecule has 15 rings (SSSR count). The maximum atomic E-state index is 7.06. The Morgan fingerprint density at radius 3 is 2.08 bits per heavy atom. The number of anilines is 2. The van der Waals surface area contributed by atoms with Crippen molar-refractivity contribution in [1.82, 2.24) is 4.57 Å². The van der Waals surface area contributed by atoms with Gasteiger partial charge in [-0.3, -0.25) is 0 Å². The first-order chi connectivity index (χ1) is 31.8. The van der Waals surface area contributed by atoms with Crippen LogP contribution in [-0.2, 0) is 16.2 Å². The number of aromatic nitrogens is 1. The minimum absolute atomic E-state index is 0.0208. The highest BCUT2D eigenvalue weighted by molar-refractivity contribution is 7.26. The molecule has 4 nitrogen and oxygen atoms in total. The molecule has 6 heterocycles. The first-order valence-corrected chi connectivity index (χ1v) is 24.5. The lowest BCUT2D eigenvalue weighted by atomic mass is 9.44. The molecule has 0 radical (unpaired) electrons. The van der Waals surface area contributed by atoms with Crippen molar-refractivity contribution < 1.29 is 8.83 Å². The Morgan fingerprint density at radius 2 is 1.27 bits per heavy atom. The molecule has 66 heavy (non-hydrogen) atoms. The van der Waals surface area contributed by atoms with Gasteiger partial charge in [-0.05, 0) is 129 Å². The largest absolute Gasteiger partial charge is 0.456 e. The van der Waals surface area contributed by atoms with Crippen LogP contribution < -0.4 is 15.7 Å². The molecule has 12 aromatic rings. The first-order valence-electron chi connectivity index (χ1n) is 23.6. The number of furan rings is 2. The molecule has 0 saturated heterocycles. The quantitative estimate of drug-likeness (QED) is 0.154. The third-order valence-electron chi connectivity index (χ3n) is 16.2. The lowest BCUT2D eigenvalue weighted by Gasteiger charge is -2.42. The van der Waals surface area contributed by atoms with E-state index in [1.54, 1.807) is 0 Å². The number of nitrogens with zero attached hydrogens (tertiary/aromatic N) is 2. The molecule has 0 saturated carbocycles. The van der Waals surface area contributed by atoms with Crippen LogP contribution in [0.25, 0.3) is 103 Å². The van der Waals surface area contributed by atoms with Gasteiger partial charge in [0, 0.05) is 75.8 Å². The minimum Gasteiger partial charge on any atom is -0.456 e. The van der Waals surface area contributed by atoms with Crippen LogP contribution in [0.2, 0.25) is 0 Å². The second-order valence-corrected chi connectivity index (χ2v) is 23.0. The van der Waals surface area contributed by atoms with Crippen LogP contribution in [0.3, 0.4) is 0 Å². The SMILES string of the molecule is CC(C)(C)c1ccc(N2B3c4cc5sc6ccccc6c5cc4-n4c5ccc6c7ccccc7oc6c5c5ccc(c3c54)-c3cc4c(cc32)oc2cc3c(cc24)C(C)(C)CCC3(C)C)cc1. The zero-order chi connectivity index (χ0) is 44.3. The van der Waals surface area contributed by atoms with E-state index in [9.17, 15) is 0 Å². The monoisotopic (exact) mass is 870 g/mol. The van der Waals surface area contributed by atoms with E-state index in [4.69, 9.17) is 8.83 Å². The Balaban J connectivity index is 1.10. The van der Waals surface area contributed by atoms with E-state index in [1.165, 1.54) is 109 Å². The highest BCUT2D eigenvalue weighted by Gasteiger charge is 2.45. The number of hydrogen-bond acceptors (Lipinski definition) is 4. The number of para-hydroxylation sites is 1. The lowest BCUT2D eigenvalue weighted by Crippen LogP contribution is -2.60. The summed E-state index contributed by atoms with van der Waals surface area (Å²) in [5, 5.41) is 9.66. The summed E-state index contributed by atoms with van der Waals surface area (Å²) in [6, 6.07) is 50.9. The van der Waals surface area contributed by atoms with Gasteiger partial charge in [0.2, 0.25) is 0 Å². The van der Waals surface area contributed by atoms with Crippen molar-refractivity contribution in [2.75, 3.05) is 4.81 Å². The fourth-order valence-corrected chi connectivity index (χ4v) is 13.7. The zero-order valence-corrected chi connectivity index (χ0v) is 39.1. The van der Waals surface area contributed by atoms with E-state index < -0.39 is 0 Å². The molecule has 4 aromatic heterocycles. The second kappa shape index (κ2) is 12.2. The van der Waals surface area contributed by atoms with Crippen molar-refractivity contribution in [2.45, 2.75) is 77.6 Å². The van der Waals surface area contributed by atoms with Gasteiger partial charge in [0.25, 0.3) is 0 Å². The van der Waals surface area contributed by atoms with E-state index in [2.05, 4.69) is 191 Å². The van der Waals surface area contributed by atoms with Gasteiger partial charge in [0.1, 0.15) is 22.3 Å². The average molecular weight is 871 g/mol. The number of fused-ring (bicyclic) bond motifs is 19. The van der Waals surface area contributed by atoms with Crippen molar-refractivity contribution >= 4 is 126 Å². The van der Waals surface area contributed by atoms with Crippen LogP contribution in [-0.4, -0.2) is 11.4 Å². The molecule has 0 spiro atoms. The van der Waals surface area contributed by atoms with Crippen molar-refractivity contribution in [2.24, 2.45) is 0 Å². The molecule has 0 fully saturated rings. The van der Waals surface area contributed by atoms with E-state index in [0.717, 1.165) is 45.2 Å². The molecular weight excluding hydrogens is 824 g/mol. The Hall–Kier alpha value is -6.76. The highest BCUT2D eigenvalue weighted by Crippen LogP contribution is 2.52. The zero-order valence-electron chi connectivity index (χ0n) is 38.3. The predicted molar refractivity (Wildman–Crippen MR) is 281 cm³/mol. The molecule has 3 aliphatic rings. The molecular formula is C60H47BN2O2S. The molecule has 0 unspecified atom stereocenters. The van der Waals surface area contributed by atoms with E-state index in [1.807, 2.05) is 11.3 Å². The molecule has 0 N–H and O–H groups in total. The number of hydrogen-bond donors (Lipinski definition) is 0. The number of rotatable bonds is 1. The van der Waals surface area contributed by atoms with E-state index in [-0.39, 0.29) is 23.1 Å². The maximum absolute atomic E-state index is 7.06. The summed E-state index contributed by atoms with van der Waals surface area (Å²) in [5.41, 5.74) is 19.3. The molecule has 2 aliphatic heterocycles. The molecule has 0 bridgehead atoms. The molecule has 0 atom stereocenters. The van der Waals surface area contributed by atoms with Crippen LogP contribution in [0.5, 0.6) is 0 Å². The van der Waals surface area contributed by atoms with Crippen molar-refractivity contribution in [1.29, 1.82) is 0 Å². The van der Waals surface area contributed by atoms with Crippen molar-refractivity contribution in [3.8, 4) is 16.8 Å². The Bertz CT molecular complexity index is 4170. The summed E-state index contributed by atoms with van der Waals surface area (Å²) >= 11 is 1.90. The number of benzene rings is 8. The highest BCUT2D eigenvalue weighted by atomic mass is 32.1. The smallest absolute Gasteiger partial charge is 0.333 e. The topological polar surface area (TPSA) is 34.5 Å². The van der Waals surface area contributed by atoms with Crippen LogP contribution in [0, 0.1) is 0 Å². The standard InChI is InChI=1S/C60H47BN2O2S/c1-58(2,3)32-16-18-33(19-17-32)63-47-31-51-40(41-27-43-44(29-50(41)64-51)60(6,7)25-24-59(43,4)5)26-39(47)36-20-21-38-54-46(23-22-37-34-12-8-10-14-49(34)65-57(37)54)62-48-28-42-35-13-9-11-15-52(35)66-53(42)30-45(48)61(63)55(36)56(38)62/h8-23,26-31H,24-25H2,1-7H3. The van der Waals surface area contributed by atoms with Crippen molar-refractivity contribution in [3.63, 3.8) is 0 Å². The Kier molecular flexibility index (Phi) is 6.91. The fraction of sp³-hybridized carbons (Fsp3) is 0.200. The van der Waals surface area contributed by atoms with Gasteiger partial charge in [-0.2, -0.15) is 0 Å². The van der Waals surface area contributed by atoms with Crippen LogP contribution in [0.15, 0.2) is 142 Å². The summed E-state index contributed by atoms with van der Waals surface area (Å²) in [7, 11) is 0. The Labute approximate surface area is 387 Å². The molecule has 8 aromatic carbocycles. The summed E-state index contributed by atoms with van der Waals surface area (Å²) in [5.74, 6) is 0. The minimum atomic E-state index is -0.125. The first kappa shape index (κ1) is 37.5. The van der Waals surface area contributed by atoms with Gasteiger partial charge < -0.3 is 18.2 Å². The van der Waals surface area contributed by atoms with Crippen LogP contribution >= 0.6 is 11.3 Å². The second-order valence-electron chi connectivity index (χ2n) is 21.9. The van der Waals surface area contributed by atoms with Gasteiger partial charge in [-0.25, -0.2) is 0 Å². The molecule has 1 aliphatic carbocycles. The Morgan fingerprint density at radius 1 is 0.561 bits per heavy atom. The predicted octanol–water partition coefficient (Wildman–Crippen LogP) is 15.8. The summed E-state index contributed by atoms with van der Waals surface area (Å²) in [6.45, 7) is 16.4. The van der Waals surface area contributed by atoms with Gasteiger partial charge in [-0.1, -0.05) is 109 Å². The number of thiophene rings is 1. The summed E-state index contributed by atoms with van der Waals surface area (Å²) < 4.78 is 19.2. The fourth-order valence-electron chi connectivity index (χ4n) is 12.6. The lowest BCUT2D eigenvalue weighted by molar-refractivity contribution is 0.332. The van der Waals surface area contributed by atoms with Crippen LogP contribution in [0.1, 0.15) is 78.0 Å². The van der Waals surface area contributed by atoms with Gasteiger partial charge >= 0.3 is 6.85 Å². The van der Waals surface area contributed by atoms with Gasteiger partial charge in [0.05, 0.1) is 16.4 Å². The van der Waals surface area contributed by atoms with Crippen molar-refractivity contribution in [3.05, 3.63) is 150 Å². The average Bonchev–Trinajstić information content (AvgIpc) is 4.06. The van der Waals surface area contributed by atoms with Crippen LogP contribution in [0.4, 0.5) is 11.4 Å². The van der Waals surface area contributed by atoms with Gasteiger partial charge in [0.15, 0.2) is 0 Å². The van der Waals surface area contributed by atoms with Gasteiger partial charge in [-0.15, -0.1) is 11.3 Å². The third kappa shape index (κ3) is 4.70. The normalized spacial score (nSPS) is 16.2. The van der Waals surface area contributed by atoms with E-state index >= 15 is 0 Å². The molecule has 6 heteroatoms. The summed E-state index contributed by atoms with van der Waals surface area (Å²) in [4.78, 5) is 2.64. The maximum Gasteiger partial charge on any atom is 0.333 e. The molecule has 0 amide bonds.